The highest BCUT2D eigenvalue weighted by atomic mass is 28.2. The second-order valence-corrected chi connectivity index (χ2v) is 10.2. The minimum atomic E-state index is -0.736. The van der Waals surface area contributed by atoms with Gasteiger partial charge in [-0.05, 0) is 79.9 Å². The van der Waals surface area contributed by atoms with Crippen LogP contribution in [0.5, 0.6) is 0 Å². The molecule has 0 aromatic heterocycles. The zero-order valence-corrected chi connectivity index (χ0v) is 17.2. The number of hydrogen-bond acceptors (Lipinski definition) is 0. The molecule has 0 nitrogen and oxygen atoms in total. The van der Waals surface area contributed by atoms with Crippen LogP contribution in [-0.2, 0) is 6.42 Å². The van der Waals surface area contributed by atoms with Crippen LogP contribution >= 0.6 is 0 Å². The smallest absolute Gasteiger partial charge is 0.159 e. The lowest BCUT2D eigenvalue weighted by Gasteiger charge is -2.38. The molecular weight excluding hydrogens is 330 g/mol. The Morgan fingerprint density at radius 1 is 0.840 bits per heavy atom. The molecule has 1 aromatic carbocycles. The first kappa shape index (κ1) is 19.1. The predicted octanol–water partition coefficient (Wildman–Crippen LogP) is 6.15. The first-order valence-electron chi connectivity index (χ1n) is 10.6. The van der Waals surface area contributed by atoms with Crippen LogP contribution in [0.15, 0.2) is 18.2 Å². The zero-order valence-electron chi connectivity index (χ0n) is 15.8. The lowest BCUT2D eigenvalue weighted by molar-refractivity contribution is 0.148. The summed E-state index contributed by atoms with van der Waals surface area (Å²) in [5, 5.41) is 0. The van der Waals surface area contributed by atoms with Crippen LogP contribution in [0.4, 0.5) is 8.78 Å². The standard InChI is InChI=1S/C22H34F2Si/c1-25-15-18-6-11-20(12-7-18)19-9-4-16(5-10-19)2-3-17-8-13-21(23)22(24)14-17/h8,13-14,16,18-20H,2-7,9-12,15,25H2,1H3. The summed E-state index contributed by atoms with van der Waals surface area (Å²) in [4.78, 5) is 0. The maximum Gasteiger partial charge on any atom is 0.159 e. The molecule has 0 saturated heterocycles. The Morgan fingerprint density at radius 3 is 2.00 bits per heavy atom. The molecule has 0 bridgehead atoms. The normalized spacial score (nSPS) is 30.8. The van der Waals surface area contributed by atoms with Gasteiger partial charge < -0.3 is 0 Å². The van der Waals surface area contributed by atoms with Crippen LogP contribution in [0.2, 0.25) is 12.6 Å². The molecule has 1 aromatic rings. The topological polar surface area (TPSA) is 0 Å². The van der Waals surface area contributed by atoms with Crippen molar-refractivity contribution >= 4 is 9.52 Å². The average Bonchev–Trinajstić information content (AvgIpc) is 2.64. The lowest BCUT2D eigenvalue weighted by Crippen LogP contribution is -2.26. The fraction of sp³-hybridized carbons (Fsp3) is 0.727. The predicted molar refractivity (Wildman–Crippen MR) is 105 cm³/mol. The third-order valence-electron chi connectivity index (χ3n) is 6.97. The van der Waals surface area contributed by atoms with E-state index in [1.165, 1.54) is 63.5 Å². The first-order valence-corrected chi connectivity index (χ1v) is 13.0. The van der Waals surface area contributed by atoms with Gasteiger partial charge in [0.2, 0.25) is 0 Å². The minimum absolute atomic E-state index is 0.245. The van der Waals surface area contributed by atoms with Gasteiger partial charge in [-0.15, -0.1) is 0 Å². The number of rotatable bonds is 6. The minimum Gasteiger partial charge on any atom is -0.204 e. The average molecular weight is 365 g/mol. The van der Waals surface area contributed by atoms with Gasteiger partial charge in [0, 0.05) is 9.52 Å². The molecule has 3 heteroatoms. The summed E-state index contributed by atoms with van der Waals surface area (Å²) in [5.74, 6) is 2.39. The Hall–Kier alpha value is -0.703. The van der Waals surface area contributed by atoms with Crippen molar-refractivity contribution in [2.45, 2.75) is 76.8 Å². The monoisotopic (exact) mass is 364 g/mol. The number of aryl methyl sites for hydroxylation is 1. The van der Waals surface area contributed by atoms with E-state index in [-0.39, 0.29) is 9.52 Å². The van der Waals surface area contributed by atoms with Gasteiger partial charge >= 0.3 is 0 Å². The molecule has 3 rings (SSSR count). The van der Waals surface area contributed by atoms with Gasteiger partial charge in [0.15, 0.2) is 11.6 Å². The van der Waals surface area contributed by atoms with Crippen LogP contribution in [0, 0.1) is 35.3 Å². The molecule has 0 N–H and O–H groups in total. The summed E-state index contributed by atoms with van der Waals surface area (Å²) < 4.78 is 26.3. The second kappa shape index (κ2) is 9.30. The molecule has 2 saturated carbocycles. The molecule has 0 heterocycles. The van der Waals surface area contributed by atoms with E-state index in [9.17, 15) is 8.78 Å². The fourth-order valence-corrected chi connectivity index (χ4v) is 6.76. The molecule has 0 amide bonds. The molecule has 2 aliphatic carbocycles. The van der Waals surface area contributed by atoms with E-state index in [4.69, 9.17) is 0 Å². The van der Waals surface area contributed by atoms with Crippen molar-refractivity contribution in [1.82, 2.24) is 0 Å². The summed E-state index contributed by atoms with van der Waals surface area (Å²) in [6.45, 7) is 2.45. The maximum atomic E-state index is 13.3. The Morgan fingerprint density at radius 2 is 1.44 bits per heavy atom. The van der Waals surface area contributed by atoms with E-state index >= 15 is 0 Å². The van der Waals surface area contributed by atoms with Gasteiger partial charge in [-0.1, -0.05) is 44.3 Å². The quantitative estimate of drug-likeness (QED) is 0.531. The second-order valence-electron chi connectivity index (χ2n) is 8.64. The van der Waals surface area contributed by atoms with E-state index < -0.39 is 11.6 Å². The number of benzene rings is 1. The SMILES string of the molecule is C[SiH2]CC1CCC(C2CCC(CCc3ccc(F)c(F)c3)CC2)CC1. The van der Waals surface area contributed by atoms with Crippen molar-refractivity contribution in [2.75, 3.05) is 0 Å². The summed E-state index contributed by atoms with van der Waals surface area (Å²) in [6, 6.07) is 5.95. The van der Waals surface area contributed by atoms with Crippen molar-refractivity contribution < 1.29 is 8.78 Å². The van der Waals surface area contributed by atoms with Crippen LogP contribution < -0.4 is 0 Å². The largest absolute Gasteiger partial charge is 0.204 e. The summed E-state index contributed by atoms with van der Waals surface area (Å²) in [6.07, 6.45) is 13.5. The van der Waals surface area contributed by atoms with E-state index in [0.29, 0.717) is 0 Å². The van der Waals surface area contributed by atoms with E-state index in [1.54, 1.807) is 12.1 Å². The highest BCUT2D eigenvalue weighted by Crippen LogP contribution is 2.42. The molecule has 0 radical (unpaired) electrons. The number of halogens is 2. The Balaban J connectivity index is 1.38. The summed E-state index contributed by atoms with van der Waals surface area (Å²) >= 11 is 0. The Labute approximate surface area is 154 Å². The molecule has 0 spiro atoms. The van der Waals surface area contributed by atoms with Crippen LogP contribution in [0.1, 0.15) is 63.4 Å². The molecule has 140 valence electrons. The van der Waals surface area contributed by atoms with Gasteiger partial charge in [0.1, 0.15) is 0 Å². The van der Waals surface area contributed by atoms with Crippen LogP contribution in [0.3, 0.4) is 0 Å². The van der Waals surface area contributed by atoms with E-state index in [0.717, 1.165) is 42.1 Å². The highest BCUT2D eigenvalue weighted by Gasteiger charge is 2.30. The molecule has 0 atom stereocenters. The van der Waals surface area contributed by atoms with Crippen molar-refractivity contribution in [3.8, 4) is 0 Å². The van der Waals surface area contributed by atoms with Crippen LogP contribution in [-0.4, -0.2) is 9.52 Å². The van der Waals surface area contributed by atoms with Gasteiger partial charge in [-0.2, -0.15) is 0 Å². The number of hydrogen-bond donors (Lipinski definition) is 0. The third kappa shape index (κ3) is 5.38. The fourth-order valence-electron chi connectivity index (χ4n) is 5.37. The molecule has 2 aliphatic rings. The Bertz CT molecular complexity index is 529. The molecule has 0 unspecified atom stereocenters. The third-order valence-corrected chi connectivity index (χ3v) is 8.37. The van der Waals surface area contributed by atoms with Gasteiger partial charge in [-0.25, -0.2) is 8.78 Å². The van der Waals surface area contributed by atoms with Crippen molar-refractivity contribution in [1.29, 1.82) is 0 Å². The van der Waals surface area contributed by atoms with Crippen molar-refractivity contribution in [3.63, 3.8) is 0 Å². The van der Waals surface area contributed by atoms with Crippen LogP contribution in [0.25, 0.3) is 0 Å². The van der Waals surface area contributed by atoms with Crippen molar-refractivity contribution in [2.24, 2.45) is 23.7 Å². The van der Waals surface area contributed by atoms with E-state index in [1.807, 2.05) is 0 Å². The summed E-state index contributed by atoms with van der Waals surface area (Å²) in [5.41, 5.74) is 0.943. The molecule has 25 heavy (non-hydrogen) atoms. The zero-order chi connectivity index (χ0) is 17.6. The first-order chi connectivity index (χ1) is 12.2. The maximum absolute atomic E-state index is 13.3. The van der Waals surface area contributed by atoms with Crippen molar-refractivity contribution in [3.05, 3.63) is 35.4 Å². The highest BCUT2D eigenvalue weighted by molar-refractivity contribution is 6.33. The molecular formula is C22H34F2Si. The van der Waals surface area contributed by atoms with Gasteiger partial charge in [0.25, 0.3) is 0 Å². The Kier molecular flexibility index (Phi) is 7.09. The molecule has 0 aliphatic heterocycles. The van der Waals surface area contributed by atoms with Gasteiger partial charge in [0.05, 0.1) is 0 Å². The van der Waals surface area contributed by atoms with Gasteiger partial charge in [-0.3, -0.25) is 0 Å². The van der Waals surface area contributed by atoms with E-state index in [2.05, 4.69) is 6.55 Å². The summed E-state index contributed by atoms with van der Waals surface area (Å²) in [7, 11) is 0.245. The lowest BCUT2D eigenvalue weighted by atomic mass is 9.69. The molecule has 2 fully saturated rings.